The Morgan fingerprint density at radius 2 is 1.86 bits per heavy atom. The maximum absolute atomic E-state index is 12.8. The minimum Gasteiger partial charge on any atom is -0.494 e. The van der Waals surface area contributed by atoms with Gasteiger partial charge in [-0.3, -0.25) is 4.99 Å². The number of benzene rings is 2. The maximum atomic E-state index is 12.8. The summed E-state index contributed by atoms with van der Waals surface area (Å²) in [6, 6.07) is 14.1. The zero-order valence-electron chi connectivity index (χ0n) is 11.4. The van der Waals surface area contributed by atoms with Gasteiger partial charge in [-0.2, -0.15) is 0 Å². The molecule has 0 bridgehead atoms. The lowest BCUT2D eigenvalue weighted by atomic mass is 10.1. The number of hydrogen-bond acceptors (Lipinski definition) is 2. The molecule has 0 amide bonds. The number of fused-ring (bicyclic) bond motifs is 1. The molecule has 0 spiro atoms. The predicted octanol–water partition coefficient (Wildman–Crippen LogP) is 3.67. The summed E-state index contributed by atoms with van der Waals surface area (Å²) in [7, 11) is 0. The standard InChI is InChI=1S/C17H15FN2O/c18-13-7-5-12(6-8-13)9-10-19-11-15-14-3-1-2-4-16(14)20-17(15)21/h1-8,11,20-21H,9-10H2. The van der Waals surface area contributed by atoms with Crippen LogP contribution in [0.4, 0.5) is 4.39 Å². The van der Waals surface area contributed by atoms with Crippen LogP contribution in [-0.2, 0) is 6.42 Å². The number of rotatable bonds is 4. The van der Waals surface area contributed by atoms with Crippen LogP contribution in [0, 0.1) is 5.82 Å². The monoisotopic (exact) mass is 282 g/mol. The molecule has 0 aliphatic heterocycles. The van der Waals surface area contributed by atoms with E-state index in [-0.39, 0.29) is 11.7 Å². The van der Waals surface area contributed by atoms with E-state index < -0.39 is 0 Å². The lowest BCUT2D eigenvalue weighted by Gasteiger charge is -1.97. The second-order valence-corrected chi connectivity index (χ2v) is 4.84. The van der Waals surface area contributed by atoms with Crippen LogP contribution < -0.4 is 0 Å². The number of aromatic amines is 1. The van der Waals surface area contributed by atoms with Gasteiger partial charge in [0.05, 0.1) is 5.56 Å². The largest absolute Gasteiger partial charge is 0.494 e. The highest BCUT2D eigenvalue weighted by atomic mass is 19.1. The van der Waals surface area contributed by atoms with Crippen molar-refractivity contribution in [1.82, 2.24) is 4.98 Å². The number of nitrogens with one attached hydrogen (secondary N) is 1. The third kappa shape index (κ3) is 2.94. The SMILES string of the molecule is Oc1[nH]c2ccccc2c1C=NCCc1ccc(F)cc1. The van der Waals surface area contributed by atoms with E-state index in [4.69, 9.17) is 0 Å². The van der Waals surface area contributed by atoms with Crippen molar-refractivity contribution < 1.29 is 9.50 Å². The van der Waals surface area contributed by atoms with Crippen LogP contribution in [0.15, 0.2) is 53.5 Å². The van der Waals surface area contributed by atoms with Crippen LogP contribution >= 0.6 is 0 Å². The quantitative estimate of drug-likeness (QED) is 0.705. The first kappa shape index (κ1) is 13.4. The Kier molecular flexibility index (Phi) is 3.69. The molecule has 4 heteroatoms. The fraction of sp³-hybridized carbons (Fsp3) is 0.118. The van der Waals surface area contributed by atoms with Gasteiger partial charge in [0, 0.05) is 23.7 Å². The number of aromatic nitrogens is 1. The molecule has 3 rings (SSSR count). The van der Waals surface area contributed by atoms with Crippen molar-refractivity contribution in [3.8, 4) is 5.88 Å². The van der Waals surface area contributed by atoms with Gasteiger partial charge >= 0.3 is 0 Å². The highest BCUT2D eigenvalue weighted by Gasteiger charge is 2.07. The average molecular weight is 282 g/mol. The first-order chi connectivity index (χ1) is 10.2. The van der Waals surface area contributed by atoms with E-state index in [0.29, 0.717) is 12.1 Å². The molecule has 3 nitrogen and oxygen atoms in total. The molecular weight excluding hydrogens is 267 g/mol. The van der Waals surface area contributed by atoms with Gasteiger partial charge in [0.2, 0.25) is 0 Å². The van der Waals surface area contributed by atoms with Crippen LogP contribution in [0.2, 0.25) is 0 Å². The zero-order chi connectivity index (χ0) is 14.7. The smallest absolute Gasteiger partial charge is 0.198 e. The van der Waals surface area contributed by atoms with Crippen molar-refractivity contribution in [3.63, 3.8) is 0 Å². The second-order valence-electron chi connectivity index (χ2n) is 4.84. The molecule has 0 atom stereocenters. The zero-order valence-corrected chi connectivity index (χ0v) is 11.4. The number of halogens is 1. The molecule has 0 aliphatic carbocycles. The highest BCUT2D eigenvalue weighted by Crippen LogP contribution is 2.25. The van der Waals surface area contributed by atoms with Gasteiger partial charge in [0.25, 0.3) is 0 Å². The molecule has 2 aromatic carbocycles. The molecule has 2 N–H and O–H groups in total. The lowest BCUT2D eigenvalue weighted by Crippen LogP contribution is -1.91. The fourth-order valence-electron chi connectivity index (χ4n) is 2.28. The van der Waals surface area contributed by atoms with Gasteiger partial charge in [-0.15, -0.1) is 0 Å². The molecule has 1 heterocycles. The third-order valence-corrected chi connectivity index (χ3v) is 3.39. The number of aliphatic imine (C=N–C) groups is 1. The molecule has 0 unspecified atom stereocenters. The molecule has 0 fully saturated rings. The van der Waals surface area contributed by atoms with Gasteiger partial charge in [-0.25, -0.2) is 4.39 Å². The van der Waals surface area contributed by atoms with Gasteiger partial charge in [-0.05, 0) is 30.2 Å². The van der Waals surface area contributed by atoms with Gasteiger partial charge in [0.15, 0.2) is 5.88 Å². The van der Waals surface area contributed by atoms with Crippen molar-refractivity contribution >= 4 is 17.1 Å². The third-order valence-electron chi connectivity index (χ3n) is 3.39. The Bertz CT molecular complexity index is 775. The predicted molar refractivity (Wildman–Crippen MR) is 82.5 cm³/mol. The lowest BCUT2D eigenvalue weighted by molar-refractivity contribution is 0.457. The molecule has 0 aliphatic rings. The van der Waals surface area contributed by atoms with Gasteiger partial charge < -0.3 is 10.1 Å². The summed E-state index contributed by atoms with van der Waals surface area (Å²) >= 11 is 0. The minimum atomic E-state index is -0.231. The van der Waals surface area contributed by atoms with Gasteiger partial charge in [-0.1, -0.05) is 30.3 Å². The van der Waals surface area contributed by atoms with Crippen LogP contribution in [0.25, 0.3) is 10.9 Å². The molecule has 0 saturated carbocycles. The van der Waals surface area contributed by atoms with Crippen molar-refractivity contribution in [2.24, 2.45) is 4.99 Å². The Morgan fingerprint density at radius 3 is 2.67 bits per heavy atom. The summed E-state index contributed by atoms with van der Waals surface area (Å²) < 4.78 is 12.8. The summed E-state index contributed by atoms with van der Waals surface area (Å²) in [6.07, 6.45) is 2.41. The second kappa shape index (κ2) is 5.79. The van der Waals surface area contributed by atoms with E-state index in [2.05, 4.69) is 9.98 Å². The van der Waals surface area contributed by atoms with E-state index in [1.54, 1.807) is 18.3 Å². The van der Waals surface area contributed by atoms with Crippen molar-refractivity contribution in [3.05, 3.63) is 65.5 Å². The molecular formula is C17H15FN2O. The summed E-state index contributed by atoms with van der Waals surface area (Å²) in [5.74, 6) is -0.104. The molecule has 0 saturated heterocycles. The van der Waals surface area contributed by atoms with Crippen LogP contribution in [0.5, 0.6) is 5.88 Å². The average Bonchev–Trinajstić information content (AvgIpc) is 2.81. The Morgan fingerprint density at radius 1 is 1.10 bits per heavy atom. The molecule has 106 valence electrons. The van der Waals surface area contributed by atoms with E-state index in [1.807, 2.05) is 24.3 Å². The number of para-hydroxylation sites is 1. The topological polar surface area (TPSA) is 48.4 Å². The van der Waals surface area contributed by atoms with E-state index in [1.165, 1.54) is 12.1 Å². The van der Waals surface area contributed by atoms with E-state index in [9.17, 15) is 9.50 Å². The molecule has 0 radical (unpaired) electrons. The summed E-state index contributed by atoms with van der Waals surface area (Å²) in [4.78, 5) is 7.26. The normalized spacial score (nSPS) is 11.5. The van der Waals surface area contributed by atoms with Crippen molar-refractivity contribution in [1.29, 1.82) is 0 Å². The van der Waals surface area contributed by atoms with Gasteiger partial charge in [0.1, 0.15) is 5.82 Å². The van der Waals surface area contributed by atoms with Crippen LogP contribution in [-0.4, -0.2) is 22.8 Å². The first-order valence-corrected chi connectivity index (χ1v) is 6.78. The molecule has 1 aromatic heterocycles. The number of aromatic hydroxyl groups is 1. The van der Waals surface area contributed by atoms with E-state index in [0.717, 1.165) is 22.9 Å². The van der Waals surface area contributed by atoms with Crippen molar-refractivity contribution in [2.75, 3.05) is 6.54 Å². The molecule has 3 aromatic rings. The first-order valence-electron chi connectivity index (χ1n) is 6.78. The Hall–Kier alpha value is -2.62. The number of hydrogen-bond donors (Lipinski definition) is 2. The van der Waals surface area contributed by atoms with E-state index >= 15 is 0 Å². The number of H-pyrrole nitrogens is 1. The Labute approximate surface area is 121 Å². The fourth-order valence-corrected chi connectivity index (χ4v) is 2.28. The van der Waals surface area contributed by atoms with Crippen molar-refractivity contribution in [2.45, 2.75) is 6.42 Å². The summed E-state index contributed by atoms with van der Waals surface area (Å²) in [5.41, 5.74) is 2.62. The maximum Gasteiger partial charge on any atom is 0.198 e. The van der Waals surface area contributed by atoms with Crippen LogP contribution in [0.1, 0.15) is 11.1 Å². The summed E-state index contributed by atoms with van der Waals surface area (Å²) in [6.45, 7) is 0.588. The Balaban J connectivity index is 1.70. The van der Waals surface area contributed by atoms with Crippen LogP contribution in [0.3, 0.4) is 0 Å². The number of nitrogens with zero attached hydrogens (tertiary/aromatic N) is 1. The molecule has 21 heavy (non-hydrogen) atoms. The minimum absolute atomic E-state index is 0.127. The summed E-state index contributed by atoms with van der Waals surface area (Å²) in [5, 5.41) is 10.8. The highest BCUT2D eigenvalue weighted by molar-refractivity contribution is 6.01.